The first-order chi connectivity index (χ1) is 13.0. The summed E-state index contributed by atoms with van der Waals surface area (Å²) in [5.74, 6) is -1.21. The third-order valence-corrected chi connectivity index (χ3v) is 4.79. The van der Waals surface area contributed by atoms with Gasteiger partial charge in [-0.25, -0.2) is 18.3 Å². The van der Waals surface area contributed by atoms with Crippen LogP contribution in [0.25, 0.3) is 5.69 Å². The number of rotatable bonds is 2. The number of benzene rings is 2. The lowest BCUT2D eigenvalue weighted by Crippen LogP contribution is -2.39. The molecule has 0 aliphatic carbocycles. The molecule has 2 amide bonds. The van der Waals surface area contributed by atoms with Gasteiger partial charge in [0.25, 0.3) is 0 Å². The van der Waals surface area contributed by atoms with Crippen molar-refractivity contribution in [3.05, 3.63) is 76.6 Å². The van der Waals surface area contributed by atoms with Crippen LogP contribution in [-0.4, -0.2) is 27.3 Å². The lowest BCUT2D eigenvalue weighted by atomic mass is 9.99. The lowest BCUT2D eigenvalue weighted by Gasteiger charge is -2.29. The van der Waals surface area contributed by atoms with Gasteiger partial charge in [-0.15, -0.1) is 0 Å². The highest BCUT2D eigenvalue weighted by Gasteiger charge is 2.24. The van der Waals surface area contributed by atoms with E-state index >= 15 is 0 Å². The van der Waals surface area contributed by atoms with Crippen molar-refractivity contribution < 1.29 is 13.6 Å². The fourth-order valence-electron chi connectivity index (χ4n) is 3.17. The van der Waals surface area contributed by atoms with E-state index in [0.717, 1.165) is 6.07 Å². The molecule has 5 nitrogen and oxygen atoms in total. The van der Waals surface area contributed by atoms with Crippen LogP contribution in [0.2, 0.25) is 5.02 Å². The molecule has 8 heteroatoms. The standard InChI is InChI=1S/C19H15ClF2N4O/c20-16-10-14(2-3-18(16)26-6-1-5-23-26)24-19(27)25-7-4-15-12(11-25)8-13(21)9-17(15)22/h1-3,5-6,8-10H,4,7,11H2,(H,24,27). The summed E-state index contributed by atoms with van der Waals surface area (Å²) in [6, 6.07) is 8.68. The summed E-state index contributed by atoms with van der Waals surface area (Å²) in [4.78, 5) is 14.0. The molecule has 2 aromatic carbocycles. The van der Waals surface area contributed by atoms with Crippen LogP contribution in [0.3, 0.4) is 0 Å². The fourth-order valence-corrected chi connectivity index (χ4v) is 3.43. The van der Waals surface area contributed by atoms with Crippen molar-refractivity contribution in [2.24, 2.45) is 0 Å². The number of urea groups is 1. The van der Waals surface area contributed by atoms with Gasteiger partial charge in [-0.2, -0.15) is 5.10 Å². The Bertz CT molecular complexity index is 1010. The quantitative estimate of drug-likeness (QED) is 0.707. The maximum atomic E-state index is 13.8. The van der Waals surface area contributed by atoms with Gasteiger partial charge in [-0.05, 0) is 47.9 Å². The Balaban J connectivity index is 1.49. The van der Waals surface area contributed by atoms with E-state index in [4.69, 9.17) is 11.6 Å². The van der Waals surface area contributed by atoms with Crippen molar-refractivity contribution in [3.8, 4) is 5.69 Å². The van der Waals surface area contributed by atoms with Crippen molar-refractivity contribution in [2.45, 2.75) is 13.0 Å². The first-order valence-corrected chi connectivity index (χ1v) is 8.71. The van der Waals surface area contributed by atoms with Crippen LogP contribution in [0, 0.1) is 11.6 Å². The van der Waals surface area contributed by atoms with E-state index in [0.29, 0.717) is 40.5 Å². The third kappa shape index (κ3) is 3.50. The molecule has 0 saturated carbocycles. The van der Waals surface area contributed by atoms with Gasteiger partial charge in [0.05, 0.1) is 10.7 Å². The van der Waals surface area contributed by atoms with E-state index in [1.165, 1.54) is 11.0 Å². The van der Waals surface area contributed by atoms with Gasteiger partial charge >= 0.3 is 6.03 Å². The number of nitrogens with zero attached hydrogens (tertiary/aromatic N) is 3. The number of hydrogen-bond donors (Lipinski definition) is 1. The second-order valence-electron chi connectivity index (χ2n) is 6.24. The predicted molar refractivity (Wildman–Crippen MR) is 98.1 cm³/mol. The Labute approximate surface area is 159 Å². The summed E-state index contributed by atoms with van der Waals surface area (Å²) in [5, 5.41) is 7.33. The Kier molecular flexibility index (Phi) is 4.53. The van der Waals surface area contributed by atoms with Crippen LogP contribution in [0.15, 0.2) is 48.8 Å². The molecule has 27 heavy (non-hydrogen) atoms. The van der Waals surface area contributed by atoms with E-state index in [1.807, 2.05) is 0 Å². The summed E-state index contributed by atoms with van der Waals surface area (Å²) >= 11 is 6.28. The molecule has 0 saturated heterocycles. The van der Waals surface area contributed by atoms with Crippen molar-refractivity contribution in [1.29, 1.82) is 0 Å². The maximum absolute atomic E-state index is 13.8. The van der Waals surface area contributed by atoms with Gasteiger partial charge in [0.15, 0.2) is 0 Å². The van der Waals surface area contributed by atoms with Crippen LogP contribution >= 0.6 is 11.6 Å². The highest BCUT2D eigenvalue weighted by Crippen LogP contribution is 2.26. The number of hydrogen-bond acceptors (Lipinski definition) is 2. The summed E-state index contributed by atoms with van der Waals surface area (Å²) in [7, 11) is 0. The monoisotopic (exact) mass is 388 g/mol. The molecule has 0 radical (unpaired) electrons. The molecule has 0 spiro atoms. The van der Waals surface area contributed by atoms with Gasteiger partial charge in [0, 0.05) is 37.2 Å². The minimum atomic E-state index is -0.644. The number of amides is 2. The van der Waals surface area contributed by atoms with Gasteiger partial charge in [-0.3, -0.25) is 0 Å². The number of carbonyl (C=O) groups excluding carboxylic acids is 1. The van der Waals surface area contributed by atoms with E-state index < -0.39 is 11.6 Å². The molecular weight excluding hydrogens is 374 g/mol. The number of aromatic nitrogens is 2. The molecule has 1 aliphatic rings. The average molecular weight is 389 g/mol. The van der Waals surface area contributed by atoms with E-state index in [-0.39, 0.29) is 12.6 Å². The van der Waals surface area contributed by atoms with Crippen LogP contribution < -0.4 is 5.32 Å². The van der Waals surface area contributed by atoms with Gasteiger partial charge < -0.3 is 10.2 Å². The molecule has 0 fully saturated rings. The third-order valence-electron chi connectivity index (χ3n) is 4.48. The van der Waals surface area contributed by atoms with Crippen molar-refractivity contribution >= 4 is 23.3 Å². The smallest absolute Gasteiger partial charge is 0.320 e. The summed E-state index contributed by atoms with van der Waals surface area (Å²) in [5.41, 5.74) is 2.17. The molecule has 138 valence electrons. The fraction of sp³-hybridized carbons (Fsp3) is 0.158. The van der Waals surface area contributed by atoms with Crippen LogP contribution in [-0.2, 0) is 13.0 Å². The Morgan fingerprint density at radius 1 is 1.22 bits per heavy atom. The minimum Gasteiger partial charge on any atom is -0.320 e. The highest BCUT2D eigenvalue weighted by atomic mass is 35.5. The molecule has 3 aromatic rings. The van der Waals surface area contributed by atoms with Crippen molar-refractivity contribution in [1.82, 2.24) is 14.7 Å². The minimum absolute atomic E-state index is 0.148. The summed E-state index contributed by atoms with van der Waals surface area (Å²) in [6.45, 7) is 0.495. The second-order valence-corrected chi connectivity index (χ2v) is 6.65. The maximum Gasteiger partial charge on any atom is 0.322 e. The average Bonchev–Trinajstić information content (AvgIpc) is 3.15. The highest BCUT2D eigenvalue weighted by molar-refractivity contribution is 6.32. The first-order valence-electron chi connectivity index (χ1n) is 8.33. The molecule has 1 N–H and O–H groups in total. The van der Waals surface area contributed by atoms with Crippen LogP contribution in [0.4, 0.5) is 19.3 Å². The number of nitrogens with one attached hydrogen (secondary N) is 1. The van der Waals surface area contributed by atoms with Crippen LogP contribution in [0.1, 0.15) is 11.1 Å². The first kappa shape index (κ1) is 17.5. The van der Waals surface area contributed by atoms with Crippen LogP contribution in [0.5, 0.6) is 0 Å². The topological polar surface area (TPSA) is 50.2 Å². The predicted octanol–water partition coefficient (Wildman–Crippen LogP) is 4.39. The molecular formula is C19H15ClF2N4O. The molecule has 0 bridgehead atoms. The Morgan fingerprint density at radius 2 is 2.07 bits per heavy atom. The second kappa shape index (κ2) is 7.00. The van der Waals surface area contributed by atoms with E-state index in [9.17, 15) is 13.6 Å². The number of fused-ring (bicyclic) bond motifs is 1. The molecule has 0 unspecified atom stereocenters. The number of carbonyl (C=O) groups is 1. The number of halogens is 3. The van der Waals surface area contributed by atoms with Gasteiger partial charge in [0.1, 0.15) is 11.6 Å². The van der Waals surface area contributed by atoms with E-state index in [1.54, 1.807) is 41.3 Å². The summed E-state index contributed by atoms with van der Waals surface area (Å²) in [6.07, 6.45) is 3.75. The molecule has 2 heterocycles. The zero-order valence-corrected chi connectivity index (χ0v) is 14.9. The largest absolute Gasteiger partial charge is 0.322 e. The molecule has 1 aromatic heterocycles. The van der Waals surface area contributed by atoms with Crippen molar-refractivity contribution in [2.75, 3.05) is 11.9 Å². The SMILES string of the molecule is O=C(Nc1ccc(-n2cccn2)c(Cl)c1)N1CCc2c(F)cc(F)cc2C1. The van der Waals surface area contributed by atoms with E-state index in [2.05, 4.69) is 10.4 Å². The zero-order chi connectivity index (χ0) is 19.0. The van der Waals surface area contributed by atoms with Crippen molar-refractivity contribution in [3.63, 3.8) is 0 Å². The molecule has 0 atom stereocenters. The summed E-state index contributed by atoms with van der Waals surface area (Å²) < 4.78 is 28.9. The normalized spacial score (nSPS) is 13.4. The Morgan fingerprint density at radius 3 is 2.81 bits per heavy atom. The zero-order valence-electron chi connectivity index (χ0n) is 14.1. The Hall–Kier alpha value is -2.93. The molecule has 4 rings (SSSR count). The number of anilines is 1. The molecule has 1 aliphatic heterocycles. The van der Waals surface area contributed by atoms with Gasteiger partial charge in [-0.1, -0.05) is 11.6 Å². The van der Waals surface area contributed by atoms with Gasteiger partial charge in [0.2, 0.25) is 0 Å². The lowest BCUT2D eigenvalue weighted by molar-refractivity contribution is 0.205.